The van der Waals surface area contributed by atoms with Crippen LogP contribution in [0.3, 0.4) is 0 Å². The summed E-state index contributed by atoms with van der Waals surface area (Å²) in [6.07, 6.45) is 1.51. The van der Waals surface area contributed by atoms with E-state index in [0.29, 0.717) is 11.3 Å². The summed E-state index contributed by atoms with van der Waals surface area (Å²) in [5.74, 6) is -1.84. The van der Waals surface area contributed by atoms with Gasteiger partial charge in [0.2, 0.25) is 0 Å². The molecule has 0 saturated heterocycles. The number of anilines is 1. The van der Waals surface area contributed by atoms with Crippen LogP contribution in [0.2, 0.25) is 5.15 Å². The lowest BCUT2D eigenvalue weighted by atomic mass is 10.00. The van der Waals surface area contributed by atoms with Gasteiger partial charge in [0.15, 0.2) is 0 Å². The number of hydrogen-bond acceptors (Lipinski definition) is 4. The smallest absolute Gasteiger partial charge is 0.326 e. The molecule has 8 heteroatoms. The molecular formula is C25H22ClN3O4. The van der Waals surface area contributed by atoms with Gasteiger partial charge >= 0.3 is 5.97 Å². The van der Waals surface area contributed by atoms with Gasteiger partial charge in [-0.3, -0.25) is 9.59 Å². The van der Waals surface area contributed by atoms with Crippen molar-refractivity contribution in [2.45, 2.75) is 26.4 Å². The predicted molar refractivity (Wildman–Crippen MR) is 125 cm³/mol. The van der Waals surface area contributed by atoms with E-state index in [1.165, 1.54) is 11.1 Å². The Morgan fingerprint density at radius 1 is 1.09 bits per heavy atom. The lowest BCUT2D eigenvalue weighted by Crippen LogP contribution is -2.44. The topological polar surface area (TPSA) is 99.6 Å². The maximum Gasteiger partial charge on any atom is 0.326 e. The number of nitrogens with one attached hydrogen (secondary N) is 1. The summed E-state index contributed by atoms with van der Waals surface area (Å²) in [6.45, 7) is 3.87. The Morgan fingerprint density at radius 3 is 2.42 bits per heavy atom. The van der Waals surface area contributed by atoms with Gasteiger partial charge in [0, 0.05) is 24.0 Å². The predicted octanol–water partition coefficient (Wildman–Crippen LogP) is 4.72. The van der Waals surface area contributed by atoms with Crippen LogP contribution in [-0.2, 0) is 11.3 Å². The van der Waals surface area contributed by atoms with E-state index in [0.717, 1.165) is 16.7 Å². The molecule has 1 aliphatic rings. The van der Waals surface area contributed by atoms with Gasteiger partial charge in [-0.1, -0.05) is 49.7 Å². The van der Waals surface area contributed by atoms with Crippen LogP contribution >= 0.6 is 11.6 Å². The van der Waals surface area contributed by atoms with Crippen LogP contribution in [-0.4, -0.2) is 38.8 Å². The lowest BCUT2D eigenvalue weighted by Gasteiger charge is -2.27. The minimum absolute atomic E-state index is 0.131. The number of fused-ring (bicyclic) bond motifs is 1. The van der Waals surface area contributed by atoms with Crippen molar-refractivity contribution in [3.8, 4) is 11.1 Å². The van der Waals surface area contributed by atoms with Crippen LogP contribution in [0.25, 0.3) is 11.1 Å². The molecule has 1 atom stereocenters. The number of amides is 2. The number of hydrogen-bond donors (Lipinski definition) is 2. The summed E-state index contributed by atoms with van der Waals surface area (Å²) in [4.78, 5) is 42.4. The van der Waals surface area contributed by atoms with Crippen molar-refractivity contribution < 1.29 is 19.5 Å². The fourth-order valence-corrected chi connectivity index (χ4v) is 4.21. The van der Waals surface area contributed by atoms with Crippen LogP contribution in [0.15, 0.2) is 60.8 Å². The van der Waals surface area contributed by atoms with Gasteiger partial charge in [0.05, 0.1) is 5.56 Å². The van der Waals surface area contributed by atoms with Gasteiger partial charge in [0.25, 0.3) is 11.8 Å². The maximum atomic E-state index is 13.0. The molecule has 168 valence electrons. The Kier molecular flexibility index (Phi) is 6.16. The number of rotatable bonds is 6. The zero-order valence-corrected chi connectivity index (χ0v) is 18.8. The van der Waals surface area contributed by atoms with E-state index in [1.54, 1.807) is 44.2 Å². The monoisotopic (exact) mass is 463 g/mol. The molecule has 0 saturated carbocycles. The van der Waals surface area contributed by atoms with Crippen molar-refractivity contribution >= 4 is 35.1 Å². The molecule has 1 unspecified atom stereocenters. The van der Waals surface area contributed by atoms with Crippen molar-refractivity contribution in [1.82, 2.24) is 9.88 Å². The molecule has 0 radical (unpaired) electrons. The number of carbonyl (C=O) groups is 3. The molecule has 4 rings (SSSR count). The zero-order valence-electron chi connectivity index (χ0n) is 18.1. The molecule has 2 aromatic carbocycles. The Bertz CT molecular complexity index is 1240. The van der Waals surface area contributed by atoms with Gasteiger partial charge < -0.3 is 15.3 Å². The Hall–Kier alpha value is -3.71. The van der Waals surface area contributed by atoms with E-state index in [4.69, 9.17) is 11.6 Å². The lowest BCUT2D eigenvalue weighted by molar-refractivity contribution is -0.144. The molecule has 33 heavy (non-hydrogen) atoms. The quantitative estimate of drug-likeness (QED) is 0.515. The first-order valence-electron chi connectivity index (χ1n) is 10.4. The zero-order chi connectivity index (χ0) is 23.7. The molecule has 0 fully saturated rings. The second kappa shape index (κ2) is 9.03. The molecule has 1 aliphatic heterocycles. The van der Waals surface area contributed by atoms with Gasteiger partial charge in [-0.05, 0) is 52.9 Å². The SMILES string of the molecule is CC(C)C(C(=O)O)N1Cc2ccc(-c3ccc(NC(=O)c4cccnc4Cl)cc3)cc2C1=O. The summed E-state index contributed by atoms with van der Waals surface area (Å²) >= 11 is 5.98. The molecule has 2 N–H and O–H groups in total. The van der Waals surface area contributed by atoms with Crippen LogP contribution in [0.4, 0.5) is 5.69 Å². The average Bonchev–Trinajstić information content (AvgIpc) is 3.09. The molecule has 0 spiro atoms. The Labute approximate surface area is 196 Å². The van der Waals surface area contributed by atoms with E-state index in [2.05, 4.69) is 10.3 Å². The van der Waals surface area contributed by atoms with Crippen LogP contribution in [0.5, 0.6) is 0 Å². The molecule has 1 aromatic heterocycles. The molecule has 2 amide bonds. The third kappa shape index (κ3) is 4.45. The van der Waals surface area contributed by atoms with Crippen LogP contribution in [0.1, 0.15) is 40.1 Å². The third-order valence-electron chi connectivity index (χ3n) is 5.64. The summed E-state index contributed by atoms with van der Waals surface area (Å²) < 4.78 is 0. The van der Waals surface area contributed by atoms with E-state index < -0.39 is 12.0 Å². The number of aromatic nitrogens is 1. The van der Waals surface area contributed by atoms with Crippen LogP contribution < -0.4 is 5.32 Å². The van der Waals surface area contributed by atoms with E-state index in [-0.39, 0.29) is 35.0 Å². The molecular weight excluding hydrogens is 442 g/mol. The molecule has 0 bridgehead atoms. The summed E-state index contributed by atoms with van der Waals surface area (Å²) in [5, 5.41) is 12.5. The second-order valence-electron chi connectivity index (χ2n) is 8.21. The van der Waals surface area contributed by atoms with Crippen LogP contribution in [0, 0.1) is 5.92 Å². The van der Waals surface area contributed by atoms with E-state index in [9.17, 15) is 19.5 Å². The minimum Gasteiger partial charge on any atom is -0.480 e. The van der Waals surface area contributed by atoms with Gasteiger partial charge in [-0.2, -0.15) is 0 Å². The highest BCUT2D eigenvalue weighted by Gasteiger charge is 2.38. The first-order valence-corrected chi connectivity index (χ1v) is 10.8. The molecule has 7 nitrogen and oxygen atoms in total. The van der Waals surface area contributed by atoms with Crippen molar-refractivity contribution in [1.29, 1.82) is 0 Å². The summed E-state index contributed by atoms with van der Waals surface area (Å²) in [6, 6.07) is 15.1. The highest BCUT2D eigenvalue weighted by Crippen LogP contribution is 2.31. The third-order valence-corrected chi connectivity index (χ3v) is 5.94. The number of carbonyl (C=O) groups excluding carboxylic acids is 2. The van der Waals surface area contributed by atoms with Crippen molar-refractivity contribution in [2.24, 2.45) is 5.92 Å². The average molecular weight is 464 g/mol. The van der Waals surface area contributed by atoms with Gasteiger partial charge in [-0.25, -0.2) is 9.78 Å². The number of nitrogens with zero attached hydrogens (tertiary/aromatic N) is 2. The maximum absolute atomic E-state index is 13.0. The standard InChI is InChI=1S/C25H22ClN3O4/c1-14(2)21(25(32)33)29-13-17-6-5-16(12-20(17)24(29)31)15-7-9-18(10-8-15)28-23(30)19-4-3-11-27-22(19)26/h3-12,14,21H,13H2,1-2H3,(H,28,30)(H,32,33). The summed E-state index contributed by atoms with van der Waals surface area (Å²) in [5.41, 5.74) is 3.89. The fourth-order valence-electron chi connectivity index (χ4n) is 4.01. The Morgan fingerprint density at radius 2 is 1.79 bits per heavy atom. The first kappa shape index (κ1) is 22.5. The highest BCUT2D eigenvalue weighted by atomic mass is 35.5. The van der Waals surface area contributed by atoms with Crippen molar-refractivity contribution in [2.75, 3.05) is 5.32 Å². The van der Waals surface area contributed by atoms with Crippen molar-refractivity contribution in [3.63, 3.8) is 0 Å². The second-order valence-corrected chi connectivity index (χ2v) is 8.56. The summed E-state index contributed by atoms with van der Waals surface area (Å²) in [7, 11) is 0. The number of benzene rings is 2. The minimum atomic E-state index is -1.00. The first-order chi connectivity index (χ1) is 15.8. The van der Waals surface area contributed by atoms with Crippen molar-refractivity contribution in [3.05, 3.63) is 82.6 Å². The highest BCUT2D eigenvalue weighted by molar-refractivity contribution is 6.33. The number of carboxylic acids is 1. The molecule has 0 aliphatic carbocycles. The van der Waals surface area contributed by atoms with Gasteiger partial charge in [0.1, 0.15) is 11.2 Å². The molecule has 3 aromatic rings. The number of carboxylic acid groups (broad SMARTS) is 1. The number of pyridine rings is 1. The largest absolute Gasteiger partial charge is 0.480 e. The normalized spacial score (nSPS) is 13.7. The van der Waals surface area contributed by atoms with Gasteiger partial charge in [-0.15, -0.1) is 0 Å². The number of aliphatic carboxylic acids is 1. The fraction of sp³-hybridized carbons (Fsp3) is 0.200. The number of halogens is 1. The Balaban J connectivity index is 1.53. The molecule has 2 heterocycles. The van der Waals surface area contributed by atoms with E-state index >= 15 is 0 Å². The van der Waals surface area contributed by atoms with E-state index in [1.807, 2.05) is 24.3 Å².